The van der Waals surface area contributed by atoms with Crippen molar-refractivity contribution in [2.45, 2.75) is 13.5 Å². The van der Waals surface area contributed by atoms with E-state index in [0.717, 1.165) is 11.3 Å². The van der Waals surface area contributed by atoms with E-state index in [4.69, 9.17) is 0 Å². The molecule has 0 atom stereocenters. The predicted molar refractivity (Wildman–Crippen MR) is 85.3 cm³/mol. The van der Waals surface area contributed by atoms with Gasteiger partial charge in [0.1, 0.15) is 5.69 Å². The van der Waals surface area contributed by atoms with Gasteiger partial charge < -0.3 is 10.6 Å². The number of rotatable bonds is 6. The van der Waals surface area contributed by atoms with E-state index in [1.54, 1.807) is 18.3 Å². The fraction of sp³-hybridized carbons (Fsp3) is 0.176. The van der Waals surface area contributed by atoms with Crippen LogP contribution in [0.2, 0.25) is 0 Å². The second-order valence-corrected chi connectivity index (χ2v) is 4.77. The van der Waals surface area contributed by atoms with E-state index in [1.165, 1.54) is 5.56 Å². The molecule has 0 aliphatic rings. The number of hydrogen-bond acceptors (Lipinski definition) is 3. The first-order chi connectivity index (χ1) is 10.2. The van der Waals surface area contributed by atoms with E-state index >= 15 is 0 Å². The molecule has 0 spiro atoms. The van der Waals surface area contributed by atoms with Crippen LogP contribution in [0.4, 0.5) is 5.69 Å². The third-order valence-corrected chi connectivity index (χ3v) is 3.02. The molecule has 0 fully saturated rings. The highest BCUT2D eigenvalue weighted by atomic mass is 16.1. The molecule has 2 rings (SSSR count). The van der Waals surface area contributed by atoms with Crippen molar-refractivity contribution in [2.75, 3.05) is 11.9 Å². The Hall–Kier alpha value is -2.62. The molecule has 2 aromatic rings. The Morgan fingerprint density at radius 2 is 2.05 bits per heavy atom. The first kappa shape index (κ1) is 14.8. The molecule has 1 amide bonds. The number of nitrogens with zero attached hydrogens (tertiary/aromatic N) is 1. The topological polar surface area (TPSA) is 54.0 Å². The standard InChI is InChI=1S/C17H19N3O/c1-3-9-18-15-8-10-19-16(11-15)17(21)20-12-14-6-4-13(2)5-7-14/h3-8,10-11H,1,9,12H2,2H3,(H,18,19)(H,20,21). The fourth-order valence-corrected chi connectivity index (χ4v) is 1.83. The second kappa shape index (κ2) is 7.24. The highest BCUT2D eigenvalue weighted by molar-refractivity contribution is 5.93. The summed E-state index contributed by atoms with van der Waals surface area (Å²) in [5.74, 6) is -0.183. The molecule has 0 aliphatic heterocycles. The van der Waals surface area contributed by atoms with E-state index in [2.05, 4.69) is 22.2 Å². The summed E-state index contributed by atoms with van der Waals surface area (Å²) in [6.45, 7) is 6.82. The van der Waals surface area contributed by atoms with Crippen molar-refractivity contribution in [1.82, 2.24) is 10.3 Å². The minimum Gasteiger partial charge on any atom is -0.381 e. The van der Waals surface area contributed by atoms with Gasteiger partial charge in [-0.05, 0) is 24.6 Å². The van der Waals surface area contributed by atoms with Gasteiger partial charge in [-0.15, -0.1) is 6.58 Å². The molecule has 0 radical (unpaired) electrons. The van der Waals surface area contributed by atoms with Gasteiger partial charge >= 0.3 is 0 Å². The average molecular weight is 281 g/mol. The zero-order chi connectivity index (χ0) is 15.1. The number of aryl methyl sites for hydroxylation is 1. The van der Waals surface area contributed by atoms with Gasteiger partial charge in [0.05, 0.1) is 0 Å². The molecule has 4 heteroatoms. The maximum absolute atomic E-state index is 12.1. The van der Waals surface area contributed by atoms with Crippen LogP contribution in [0.1, 0.15) is 21.6 Å². The fourth-order valence-electron chi connectivity index (χ4n) is 1.83. The van der Waals surface area contributed by atoms with Gasteiger partial charge in [0.2, 0.25) is 0 Å². The maximum atomic E-state index is 12.1. The summed E-state index contributed by atoms with van der Waals surface area (Å²) in [6.07, 6.45) is 3.38. The van der Waals surface area contributed by atoms with Crippen LogP contribution >= 0.6 is 0 Å². The van der Waals surface area contributed by atoms with Crippen molar-refractivity contribution in [3.63, 3.8) is 0 Å². The number of nitrogens with one attached hydrogen (secondary N) is 2. The minimum atomic E-state index is -0.183. The van der Waals surface area contributed by atoms with E-state index in [9.17, 15) is 4.79 Å². The van der Waals surface area contributed by atoms with Gasteiger partial charge in [-0.1, -0.05) is 35.9 Å². The number of aromatic nitrogens is 1. The Morgan fingerprint density at radius 3 is 2.76 bits per heavy atom. The number of benzene rings is 1. The van der Waals surface area contributed by atoms with Crippen LogP contribution in [-0.4, -0.2) is 17.4 Å². The molecule has 1 aromatic heterocycles. The first-order valence-corrected chi connectivity index (χ1v) is 6.83. The Bertz CT molecular complexity index is 620. The number of pyridine rings is 1. The molecule has 1 heterocycles. The van der Waals surface area contributed by atoms with Crippen molar-refractivity contribution < 1.29 is 4.79 Å². The Labute approximate surface area is 124 Å². The molecule has 2 N–H and O–H groups in total. The molecule has 0 unspecified atom stereocenters. The van der Waals surface area contributed by atoms with Gasteiger partial charge in [0.25, 0.3) is 5.91 Å². The summed E-state index contributed by atoms with van der Waals surface area (Å²) >= 11 is 0. The smallest absolute Gasteiger partial charge is 0.270 e. The quantitative estimate of drug-likeness (QED) is 0.800. The lowest BCUT2D eigenvalue weighted by molar-refractivity contribution is 0.0946. The van der Waals surface area contributed by atoms with E-state index in [-0.39, 0.29) is 5.91 Å². The Kier molecular flexibility index (Phi) is 5.10. The normalized spacial score (nSPS) is 9.95. The van der Waals surface area contributed by atoms with Gasteiger partial charge in [0.15, 0.2) is 0 Å². The van der Waals surface area contributed by atoms with Crippen molar-refractivity contribution in [2.24, 2.45) is 0 Å². The summed E-state index contributed by atoms with van der Waals surface area (Å²) in [4.78, 5) is 16.2. The Morgan fingerprint density at radius 1 is 1.29 bits per heavy atom. The number of hydrogen-bond donors (Lipinski definition) is 2. The van der Waals surface area contributed by atoms with Crippen LogP contribution < -0.4 is 10.6 Å². The summed E-state index contributed by atoms with van der Waals surface area (Å²) < 4.78 is 0. The van der Waals surface area contributed by atoms with Gasteiger partial charge in [-0.2, -0.15) is 0 Å². The molecule has 1 aromatic carbocycles. The molecule has 21 heavy (non-hydrogen) atoms. The van der Waals surface area contributed by atoms with Crippen LogP contribution in [0, 0.1) is 6.92 Å². The van der Waals surface area contributed by atoms with Crippen LogP contribution in [0.15, 0.2) is 55.3 Å². The third-order valence-electron chi connectivity index (χ3n) is 3.02. The summed E-state index contributed by atoms with van der Waals surface area (Å²) in [5.41, 5.74) is 3.52. The lowest BCUT2D eigenvalue weighted by Gasteiger charge is -2.07. The number of carbonyl (C=O) groups is 1. The van der Waals surface area contributed by atoms with Crippen LogP contribution in [0.3, 0.4) is 0 Å². The second-order valence-electron chi connectivity index (χ2n) is 4.77. The minimum absolute atomic E-state index is 0.183. The Balaban J connectivity index is 1.96. The monoisotopic (exact) mass is 281 g/mol. The number of anilines is 1. The van der Waals surface area contributed by atoms with Gasteiger partial charge in [-0.25, -0.2) is 0 Å². The molecule has 4 nitrogen and oxygen atoms in total. The van der Waals surface area contributed by atoms with Gasteiger partial charge in [-0.3, -0.25) is 9.78 Å². The van der Waals surface area contributed by atoms with Crippen LogP contribution in [0.25, 0.3) is 0 Å². The lowest BCUT2D eigenvalue weighted by atomic mass is 10.1. The SMILES string of the molecule is C=CCNc1ccnc(C(=O)NCc2ccc(C)cc2)c1. The summed E-state index contributed by atoms with van der Waals surface area (Å²) in [5, 5.41) is 6.00. The van der Waals surface area contributed by atoms with Crippen LogP contribution in [-0.2, 0) is 6.54 Å². The van der Waals surface area contributed by atoms with E-state index in [1.807, 2.05) is 37.3 Å². The van der Waals surface area contributed by atoms with Crippen molar-refractivity contribution >= 4 is 11.6 Å². The van der Waals surface area contributed by atoms with Crippen molar-refractivity contribution in [1.29, 1.82) is 0 Å². The maximum Gasteiger partial charge on any atom is 0.270 e. The molecule has 108 valence electrons. The van der Waals surface area contributed by atoms with Crippen molar-refractivity contribution in [3.05, 3.63) is 72.1 Å². The van der Waals surface area contributed by atoms with Crippen LogP contribution in [0.5, 0.6) is 0 Å². The summed E-state index contributed by atoms with van der Waals surface area (Å²) in [7, 11) is 0. The number of carbonyl (C=O) groups excluding carboxylic acids is 1. The average Bonchev–Trinajstić information content (AvgIpc) is 2.52. The molecular formula is C17H19N3O. The van der Waals surface area contributed by atoms with E-state index in [0.29, 0.717) is 18.8 Å². The molecule has 0 saturated heterocycles. The summed E-state index contributed by atoms with van der Waals surface area (Å²) in [6, 6.07) is 11.6. The predicted octanol–water partition coefficient (Wildman–Crippen LogP) is 2.92. The highest BCUT2D eigenvalue weighted by Gasteiger charge is 2.07. The highest BCUT2D eigenvalue weighted by Crippen LogP contribution is 2.08. The largest absolute Gasteiger partial charge is 0.381 e. The zero-order valence-electron chi connectivity index (χ0n) is 12.1. The molecule has 0 aliphatic carbocycles. The third kappa shape index (κ3) is 4.45. The number of amides is 1. The lowest BCUT2D eigenvalue weighted by Crippen LogP contribution is -2.23. The molecule has 0 bridgehead atoms. The first-order valence-electron chi connectivity index (χ1n) is 6.83. The molecular weight excluding hydrogens is 262 g/mol. The van der Waals surface area contributed by atoms with Gasteiger partial charge in [0, 0.05) is 25.0 Å². The molecule has 0 saturated carbocycles. The van der Waals surface area contributed by atoms with Crippen molar-refractivity contribution in [3.8, 4) is 0 Å². The van der Waals surface area contributed by atoms with E-state index < -0.39 is 0 Å². The zero-order valence-corrected chi connectivity index (χ0v) is 12.1.